The van der Waals surface area contributed by atoms with Gasteiger partial charge in [-0.05, 0) is 54.4 Å². The van der Waals surface area contributed by atoms with Crippen molar-refractivity contribution in [2.75, 3.05) is 44.0 Å². The fraction of sp³-hybridized carbons (Fsp3) is 0.207. The van der Waals surface area contributed by atoms with Gasteiger partial charge in [0, 0.05) is 36.4 Å². The molecule has 1 aliphatic heterocycles. The topological polar surface area (TPSA) is 129 Å². The van der Waals surface area contributed by atoms with Gasteiger partial charge in [-0.3, -0.25) is 9.59 Å². The first-order chi connectivity index (χ1) is 18.4. The molecule has 0 fully saturated rings. The number of methoxy groups -OCH3 is 1. The molecule has 0 saturated heterocycles. The van der Waals surface area contributed by atoms with Crippen LogP contribution in [0.15, 0.2) is 66.7 Å². The maximum Gasteiger partial charge on any atom is 0.338 e. The van der Waals surface area contributed by atoms with Gasteiger partial charge < -0.3 is 31.1 Å². The van der Waals surface area contributed by atoms with E-state index in [0.29, 0.717) is 64.5 Å². The Kier molecular flexibility index (Phi) is 8.52. The average Bonchev–Trinajstić information content (AvgIpc) is 3.25. The molecule has 0 aliphatic carbocycles. The van der Waals surface area contributed by atoms with Crippen LogP contribution >= 0.6 is 0 Å². The number of anilines is 2. The summed E-state index contributed by atoms with van der Waals surface area (Å²) in [5, 5.41) is 20.9. The molecule has 5 N–H and O–H groups in total. The number of fused-ring (bicyclic) bond motifs is 1. The van der Waals surface area contributed by atoms with E-state index in [2.05, 4.69) is 21.3 Å². The first-order valence-electron chi connectivity index (χ1n) is 12.2. The second-order valence-electron chi connectivity index (χ2n) is 8.71. The van der Waals surface area contributed by atoms with E-state index in [9.17, 15) is 14.4 Å². The summed E-state index contributed by atoms with van der Waals surface area (Å²) in [6, 6.07) is 19.9. The van der Waals surface area contributed by atoms with Gasteiger partial charge in [0.05, 0.1) is 36.2 Å². The van der Waals surface area contributed by atoms with E-state index >= 15 is 0 Å². The normalized spacial score (nSPS) is 13.4. The van der Waals surface area contributed by atoms with Gasteiger partial charge in [0.25, 0.3) is 11.8 Å². The van der Waals surface area contributed by atoms with Crippen LogP contribution in [0.5, 0.6) is 0 Å². The lowest BCUT2D eigenvalue weighted by Crippen LogP contribution is -2.32. The molecule has 0 radical (unpaired) electrons. The summed E-state index contributed by atoms with van der Waals surface area (Å²) in [6.45, 7) is 3.32. The standard InChI is InChI=1S/C29H30N4O5/c1-18-16-23-24(17-22(18)29(37)38-2)33-28(36)25(23)26(19-6-4-3-5-7-19)32-21-10-8-20(9-11-21)27(35)31-13-12-30-14-15-34/h3-11,16-17,30,32,34H,12-15H2,1-2H3,(H,31,35)(H,33,36)/b26-25-. The number of hydrogen-bond donors (Lipinski definition) is 5. The Bertz CT molecular complexity index is 1370. The Morgan fingerprint density at radius 3 is 2.37 bits per heavy atom. The zero-order chi connectivity index (χ0) is 27.1. The maximum absolute atomic E-state index is 13.2. The second kappa shape index (κ2) is 12.2. The lowest BCUT2D eigenvalue weighted by molar-refractivity contribution is -0.110. The van der Waals surface area contributed by atoms with Gasteiger partial charge in [0.15, 0.2) is 0 Å². The Balaban J connectivity index is 1.64. The number of benzene rings is 3. The SMILES string of the molecule is COC(=O)c1cc2c(cc1C)/C(=C(/Nc1ccc(C(=O)NCCNCCO)cc1)c1ccccc1)C(=O)N2. The zero-order valence-electron chi connectivity index (χ0n) is 21.3. The molecule has 3 aromatic rings. The second-order valence-corrected chi connectivity index (χ2v) is 8.71. The monoisotopic (exact) mass is 514 g/mol. The molecule has 4 rings (SSSR count). The molecule has 3 aromatic carbocycles. The molecule has 0 aromatic heterocycles. The minimum absolute atomic E-state index is 0.0465. The van der Waals surface area contributed by atoms with E-state index in [1.807, 2.05) is 36.4 Å². The molecular weight excluding hydrogens is 484 g/mol. The summed E-state index contributed by atoms with van der Waals surface area (Å²) in [6.07, 6.45) is 0. The lowest BCUT2D eigenvalue weighted by atomic mass is 9.96. The molecule has 0 unspecified atom stereocenters. The Hall–Kier alpha value is -4.47. The van der Waals surface area contributed by atoms with Crippen molar-refractivity contribution in [3.63, 3.8) is 0 Å². The molecule has 0 atom stereocenters. The van der Waals surface area contributed by atoms with Crippen molar-refractivity contribution < 1.29 is 24.2 Å². The third-order valence-corrected chi connectivity index (χ3v) is 6.12. The smallest absolute Gasteiger partial charge is 0.338 e. The number of aryl methyl sites for hydroxylation is 1. The molecule has 1 aliphatic rings. The van der Waals surface area contributed by atoms with Crippen LogP contribution in [-0.2, 0) is 9.53 Å². The van der Waals surface area contributed by atoms with Crippen molar-refractivity contribution in [3.8, 4) is 0 Å². The Labute approximate surface area is 220 Å². The highest BCUT2D eigenvalue weighted by molar-refractivity contribution is 6.37. The van der Waals surface area contributed by atoms with Crippen LogP contribution in [0.25, 0.3) is 11.3 Å². The van der Waals surface area contributed by atoms with Crippen molar-refractivity contribution >= 4 is 40.4 Å². The predicted octanol–water partition coefficient (Wildman–Crippen LogP) is 3.03. The van der Waals surface area contributed by atoms with Gasteiger partial charge in [-0.25, -0.2) is 4.79 Å². The number of rotatable bonds is 10. The highest BCUT2D eigenvalue weighted by atomic mass is 16.5. The highest BCUT2D eigenvalue weighted by Gasteiger charge is 2.30. The van der Waals surface area contributed by atoms with E-state index in [0.717, 1.165) is 5.56 Å². The van der Waals surface area contributed by atoms with E-state index in [1.54, 1.807) is 37.3 Å². The largest absolute Gasteiger partial charge is 0.465 e. The number of carbonyl (C=O) groups is 3. The molecule has 9 heteroatoms. The van der Waals surface area contributed by atoms with Crippen LogP contribution in [0, 0.1) is 6.92 Å². The summed E-state index contributed by atoms with van der Waals surface area (Å²) >= 11 is 0. The molecule has 38 heavy (non-hydrogen) atoms. The van der Waals surface area contributed by atoms with E-state index in [4.69, 9.17) is 9.84 Å². The number of ether oxygens (including phenoxy) is 1. The minimum atomic E-state index is -0.469. The van der Waals surface area contributed by atoms with Crippen molar-refractivity contribution in [1.82, 2.24) is 10.6 Å². The molecule has 196 valence electrons. The summed E-state index contributed by atoms with van der Waals surface area (Å²) in [4.78, 5) is 37.8. The van der Waals surface area contributed by atoms with E-state index in [1.165, 1.54) is 7.11 Å². The molecular formula is C29H30N4O5. The maximum atomic E-state index is 13.2. The van der Waals surface area contributed by atoms with Gasteiger partial charge in [-0.15, -0.1) is 0 Å². The van der Waals surface area contributed by atoms with Gasteiger partial charge in [-0.1, -0.05) is 30.3 Å². The van der Waals surface area contributed by atoms with Crippen LogP contribution in [0.4, 0.5) is 11.4 Å². The molecule has 2 amide bonds. The van der Waals surface area contributed by atoms with Crippen molar-refractivity contribution in [3.05, 3.63) is 94.5 Å². The fourth-order valence-electron chi connectivity index (χ4n) is 4.21. The summed E-state index contributed by atoms with van der Waals surface area (Å²) in [7, 11) is 1.32. The number of nitrogens with one attached hydrogen (secondary N) is 4. The Morgan fingerprint density at radius 1 is 0.947 bits per heavy atom. The number of esters is 1. The van der Waals surface area contributed by atoms with Crippen LogP contribution in [0.3, 0.4) is 0 Å². The molecule has 1 heterocycles. The lowest BCUT2D eigenvalue weighted by Gasteiger charge is -2.15. The number of aliphatic hydroxyl groups excluding tert-OH is 1. The summed E-state index contributed by atoms with van der Waals surface area (Å²) in [5.74, 6) is -0.965. The third kappa shape index (κ3) is 5.91. The number of carbonyl (C=O) groups excluding carboxylic acids is 3. The van der Waals surface area contributed by atoms with Gasteiger partial charge in [0.1, 0.15) is 0 Å². The molecule has 0 bridgehead atoms. The van der Waals surface area contributed by atoms with Crippen LogP contribution in [0.1, 0.15) is 37.4 Å². The first-order valence-corrected chi connectivity index (χ1v) is 12.2. The van der Waals surface area contributed by atoms with Gasteiger partial charge in [-0.2, -0.15) is 0 Å². The average molecular weight is 515 g/mol. The summed E-state index contributed by atoms with van der Waals surface area (Å²) < 4.78 is 4.87. The fourth-order valence-corrected chi connectivity index (χ4v) is 4.21. The summed E-state index contributed by atoms with van der Waals surface area (Å²) in [5.41, 5.74) is 5.34. The third-order valence-electron chi connectivity index (χ3n) is 6.12. The van der Waals surface area contributed by atoms with E-state index in [-0.39, 0.29) is 18.4 Å². The van der Waals surface area contributed by atoms with Gasteiger partial charge in [0.2, 0.25) is 0 Å². The van der Waals surface area contributed by atoms with Crippen LogP contribution < -0.4 is 21.3 Å². The molecule has 0 saturated carbocycles. The van der Waals surface area contributed by atoms with Crippen molar-refractivity contribution in [2.24, 2.45) is 0 Å². The van der Waals surface area contributed by atoms with Crippen LogP contribution in [0.2, 0.25) is 0 Å². The quantitative estimate of drug-likeness (QED) is 0.160. The Morgan fingerprint density at radius 2 is 1.68 bits per heavy atom. The predicted molar refractivity (Wildman–Crippen MR) is 147 cm³/mol. The number of hydrogen-bond acceptors (Lipinski definition) is 7. The number of amides is 2. The number of aliphatic hydroxyl groups is 1. The minimum Gasteiger partial charge on any atom is -0.465 e. The highest BCUT2D eigenvalue weighted by Crippen LogP contribution is 2.39. The van der Waals surface area contributed by atoms with Crippen molar-refractivity contribution in [2.45, 2.75) is 6.92 Å². The van der Waals surface area contributed by atoms with E-state index < -0.39 is 5.97 Å². The van der Waals surface area contributed by atoms with Crippen LogP contribution in [-0.4, -0.2) is 56.2 Å². The first kappa shape index (κ1) is 26.6. The molecule has 9 nitrogen and oxygen atoms in total. The van der Waals surface area contributed by atoms with Gasteiger partial charge >= 0.3 is 5.97 Å². The molecule has 0 spiro atoms. The van der Waals surface area contributed by atoms with Crippen molar-refractivity contribution in [1.29, 1.82) is 0 Å². The zero-order valence-corrected chi connectivity index (χ0v) is 21.3.